The first-order valence-electron chi connectivity index (χ1n) is 6.03. The lowest BCUT2D eigenvalue weighted by molar-refractivity contribution is 0.902. The quantitative estimate of drug-likeness (QED) is 0.656. The van der Waals surface area contributed by atoms with Gasteiger partial charge in [-0.05, 0) is 18.1 Å². The summed E-state index contributed by atoms with van der Waals surface area (Å²) in [6.07, 6.45) is 4.35. The van der Waals surface area contributed by atoms with Gasteiger partial charge in [0.2, 0.25) is 0 Å². The van der Waals surface area contributed by atoms with E-state index >= 15 is 0 Å². The topological polar surface area (TPSA) is 86.5 Å². The molecule has 0 radical (unpaired) electrons. The molecule has 0 saturated heterocycles. The fourth-order valence-electron chi connectivity index (χ4n) is 2.06. The third-order valence-electron chi connectivity index (χ3n) is 2.94. The first kappa shape index (κ1) is 11.5. The van der Waals surface area contributed by atoms with E-state index < -0.39 is 5.69 Å². The summed E-state index contributed by atoms with van der Waals surface area (Å²) >= 11 is 0. The lowest BCUT2D eigenvalue weighted by Crippen LogP contribution is -2.15. The third-order valence-corrected chi connectivity index (χ3v) is 2.94. The molecule has 3 rings (SSSR count). The average Bonchev–Trinajstić information content (AvgIpc) is 2.83. The van der Waals surface area contributed by atoms with E-state index in [2.05, 4.69) is 37.6 Å². The van der Waals surface area contributed by atoms with Crippen LogP contribution < -0.4 is 11.0 Å². The Morgan fingerprint density at radius 3 is 3.05 bits per heavy atom. The van der Waals surface area contributed by atoms with Gasteiger partial charge in [-0.25, -0.2) is 9.89 Å². The predicted octanol–water partition coefficient (Wildman–Crippen LogP) is 1.30. The van der Waals surface area contributed by atoms with Crippen molar-refractivity contribution in [3.8, 4) is 0 Å². The monoisotopic (exact) mass is 255 g/mol. The molecule has 0 spiro atoms. The van der Waals surface area contributed by atoms with Crippen LogP contribution in [0, 0.1) is 0 Å². The standard InChI is InChI=1S/C13H13N5O/c19-13-17-12(8-16-18-13)14-6-5-9-7-15-11-4-2-1-3-10(9)11/h1-4,7-8,15H,5-6H2,(H2,14,17,18,19). The molecule has 0 saturated carbocycles. The Balaban J connectivity index is 1.68. The van der Waals surface area contributed by atoms with Crippen LogP contribution in [0.15, 0.2) is 41.5 Å². The summed E-state index contributed by atoms with van der Waals surface area (Å²) in [4.78, 5) is 18.0. The second-order valence-corrected chi connectivity index (χ2v) is 4.21. The minimum Gasteiger partial charge on any atom is -0.368 e. The molecule has 0 amide bonds. The minimum absolute atomic E-state index is 0.447. The van der Waals surface area contributed by atoms with Crippen molar-refractivity contribution < 1.29 is 0 Å². The van der Waals surface area contributed by atoms with Gasteiger partial charge in [-0.1, -0.05) is 18.2 Å². The maximum absolute atomic E-state index is 11.0. The lowest BCUT2D eigenvalue weighted by Gasteiger charge is -2.03. The highest BCUT2D eigenvalue weighted by Crippen LogP contribution is 2.17. The third kappa shape index (κ3) is 2.47. The zero-order valence-electron chi connectivity index (χ0n) is 10.2. The van der Waals surface area contributed by atoms with Crippen LogP contribution >= 0.6 is 0 Å². The van der Waals surface area contributed by atoms with Crippen LogP contribution in [-0.4, -0.2) is 26.7 Å². The van der Waals surface area contributed by atoms with Crippen LogP contribution in [0.3, 0.4) is 0 Å². The molecule has 6 heteroatoms. The van der Waals surface area contributed by atoms with Gasteiger partial charge in [0.1, 0.15) is 0 Å². The average molecular weight is 255 g/mol. The number of fused-ring (bicyclic) bond motifs is 1. The molecule has 2 heterocycles. The Morgan fingerprint density at radius 1 is 1.26 bits per heavy atom. The van der Waals surface area contributed by atoms with Crippen molar-refractivity contribution in [3.63, 3.8) is 0 Å². The van der Waals surface area contributed by atoms with E-state index in [4.69, 9.17) is 0 Å². The van der Waals surface area contributed by atoms with Crippen LogP contribution in [0.25, 0.3) is 10.9 Å². The SMILES string of the molecule is O=c1nc(NCCc2c[nH]c3ccccc23)cn[nH]1. The smallest absolute Gasteiger partial charge is 0.363 e. The zero-order chi connectivity index (χ0) is 13.1. The van der Waals surface area contributed by atoms with Crippen molar-refractivity contribution >= 4 is 16.7 Å². The molecule has 0 bridgehead atoms. The number of rotatable bonds is 4. The maximum Gasteiger partial charge on any atom is 0.363 e. The molecule has 2 aromatic heterocycles. The molecule has 0 aliphatic heterocycles. The van der Waals surface area contributed by atoms with Crippen LogP contribution in [0.4, 0.5) is 5.82 Å². The van der Waals surface area contributed by atoms with Crippen molar-refractivity contribution in [2.75, 3.05) is 11.9 Å². The van der Waals surface area contributed by atoms with Gasteiger partial charge in [0, 0.05) is 23.6 Å². The number of hydrogen-bond acceptors (Lipinski definition) is 4. The summed E-state index contributed by atoms with van der Waals surface area (Å²) < 4.78 is 0. The number of aromatic nitrogens is 4. The molecule has 6 nitrogen and oxygen atoms in total. The summed E-state index contributed by atoms with van der Waals surface area (Å²) in [5.41, 5.74) is 1.92. The molecule has 0 aliphatic rings. The van der Waals surface area contributed by atoms with E-state index in [9.17, 15) is 4.79 Å². The summed E-state index contributed by atoms with van der Waals surface area (Å²) in [6, 6.07) is 8.17. The molecular weight excluding hydrogens is 242 g/mol. The molecular formula is C13H13N5O. The first-order chi connectivity index (χ1) is 9.33. The second kappa shape index (κ2) is 4.93. The van der Waals surface area contributed by atoms with E-state index in [1.807, 2.05) is 18.3 Å². The van der Waals surface area contributed by atoms with Crippen LogP contribution in [0.2, 0.25) is 0 Å². The number of para-hydroxylation sites is 1. The van der Waals surface area contributed by atoms with Crippen LogP contribution in [0.1, 0.15) is 5.56 Å². The number of nitrogens with zero attached hydrogens (tertiary/aromatic N) is 2. The van der Waals surface area contributed by atoms with Gasteiger partial charge < -0.3 is 10.3 Å². The predicted molar refractivity (Wildman–Crippen MR) is 73.1 cm³/mol. The zero-order valence-corrected chi connectivity index (χ0v) is 10.2. The number of nitrogens with one attached hydrogen (secondary N) is 3. The molecule has 96 valence electrons. The number of H-pyrrole nitrogens is 2. The molecule has 0 fully saturated rings. The summed E-state index contributed by atoms with van der Waals surface area (Å²) in [5.74, 6) is 0.489. The van der Waals surface area contributed by atoms with Crippen molar-refractivity contribution in [2.45, 2.75) is 6.42 Å². The molecule has 0 atom stereocenters. The van der Waals surface area contributed by atoms with Crippen LogP contribution in [-0.2, 0) is 6.42 Å². The fraction of sp³-hybridized carbons (Fsp3) is 0.154. The largest absolute Gasteiger partial charge is 0.368 e. The van der Waals surface area contributed by atoms with E-state index in [1.54, 1.807) is 0 Å². The van der Waals surface area contributed by atoms with Gasteiger partial charge in [-0.15, -0.1) is 0 Å². The van der Waals surface area contributed by atoms with Gasteiger partial charge in [0.15, 0.2) is 5.82 Å². The van der Waals surface area contributed by atoms with Gasteiger partial charge in [0.05, 0.1) is 6.20 Å². The molecule has 3 N–H and O–H groups in total. The highest BCUT2D eigenvalue weighted by atomic mass is 16.1. The fourth-order valence-corrected chi connectivity index (χ4v) is 2.06. The van der Waals surface area contributed by atoms with E-state index in [-0.39, 0.29) is 0 Å². The molecule has 3 aromatic rings. The minimum atomic E-state index is -0.447. The number of benzene rings is 1. The lowest BCUT2D eigenvalue weighted by atomic mass is 10.1. The normalized spacial score (nSPS) is 10.7. The second-order valence-electron chi connectivity index (χ2n) is 4.21. The van der Waals surface area contributed by atoms with Gasteiger partial charge in [-0.3, -0.25) is 0 Å². The highest BCUT2D eigenvalue weighted by Gasteiger charge is 2.02. The summed E-state index contributed by atoms with van der Waals surface area (Å²) in [7, 11) is 0. The van der Waals surface area contributed by atoms with Crippen molar-refractivity contribution in [1.82, 2.24) is 20.2 Å². The summed E-state index contributed by atoms with van der Waals surface area (Å²) in [6.45, 7) is 0.694. The molecule has 1 aromatic carbocycles. The molecule has 19 heavy (non-hydrogen) atoms. The summed E-state index contributed by atoms with van der Waals surface area (Å²) in [5, 5.41) is 10.2. The van der Waals surface area contributed by atoms with E-state index in [0.717, 1.165) is 11.9 Å². The Bertz CT molecular complexity index is 746. The van der Waals surface area contributed by atoms with Gasteiger partial charge >= 0.3 is 5.69 Å². The molecule has 0 aliphatic carbocycles. The van der Waals surface area contributed by atoms with Crippen molar-refractivity contribution in [3.05, 3.63) is 52.7 Å². The Kier molecular flexibility index (Phi) is 2.97. The number of aromatic amines is 2. The van der Waals surface area contributed by atoms with E-state index in [1.165, 1.54) is 17.1 Å². The van der Waals surface area contributed by atoms with Gasteiger partial charge in [0.25, 0.3) is 0 Å². The van der Waals surface area contributed by atoms with Crippen molar-refractivity contribution in [1.29, 1.82) is 0 Å². The Labute approximate surface area is 108 Å². The van der Waals surface area contributed by atoms with Gasteiger partial charge in [-0.2, -0.15) is 10.1 Å². The molecule has 0 unspecified atom stereocenters. The van der Waals surface area contributed by atoms with Crippen LogP contribution in [0.5, 0.6) is 0 Å². The Morgan fingerprint density at radius 2 is 2.16 bits per heavy atom. The maximum atomic E-state index is 11.0. The number of hydrogen-bond donors (Lipinski definition) is 3. The Hall–Kier alpha value is -2.63. The highest BCUT2D eigenvalue weighted by molar-refractivity contribution is 5.83. The first-order valence-corrected chi connectivity index (χ1v) is 6.03. The number of anilines is 1. The van der Waals surface area contributed by atoms with E-state index in [0.29, 0.717) is 12.4 Å². The van der Waals surface area contributed by atoms with Crippen molar-refractivity contribution in [2.24, 2.45) is 0 Å².